The summed E-state index contributed by atoms with van der Waals surface area (Å²) in [6.45, 7) is 8.95. The third kappa shape index (κ3) is 6.82. The van der Waals surface area contributed by atoms with Gasteiger partial charge in [-0.3, -0.25) is 0 Å². The minimum Gasteiger partial charge on any atom is -0.242 e. The van der Waals surface area contributed by atoms with Crippen LogP contribution in [0.4, 0.5) is 5.69 Å². The Bertz CT molecular complexity index is 514. The zero-order valence-corrected chi connectivity index (χ0v) is 18.3. The van der Waals surface area contributed by atoms with Gasteiger partial charge in [-0.25, -0.2) is 4.99 Å². The summed E-state index contributed by atoms with van der Waals surface area (Å²) < 4.78 is 0.0195. The third-order valence-corrected chi connectivity index (χ3v) is 7.02. The lowest BCUT2D eigenvalue weighted by Gasteiger charge is -2.30. The molecule has 5 heteroatoms. The lowest BCUT2D eigenvalue weighted by atomic mass is 10.0. The average Bonchev–Trinajstić information content (AvgIpc) is 2.54. The van der Waals surface area contributed by atoms with Gasteiger partial charge in [-0.2, -0.15) is 0 Å². The van der Waals surface area contributed by atoms with E-state index >= 15 is 0 Å². The summed E-state index contributed by atoms with van der Waals surface area (Å²) in [6, 6.07) is 5.57. The Morgan fingerprint density at radius 2 is 1.71 bits per heavy atom. The van der Waals surface area contributed by atoms with Gasteiger partial charge in [0.2, 0.25) is 0 Å². The van der Waals surface area contributed by atoms with Crippen LogP contribution < -0.4 is 0 Å². The number of benzene rings is 1. The summed E-state index contributed by atoms with van der Waals surface area (Å²) in [5.74, 6) is 2.07. The highest BCUT2D eigenvalue weighted by Gasteiger charge is 2.31. The van der Waals surface area contributed by atoms with Crippen LogP contribution in [-0.4, -0.2) is 21.3 Å². The van der Waals surface area contributed by atoms with Crippen molar-refractivity contribution in [2.75, 3.05) is 11.5 Å². The van der Waals surface area contributed by atoms with Crippen molar-refractivity contribution in [2.45, 2.75) is 64.5 Å². The van der Waals surface area contributed by atoms with Crippen LogP contribution in [-0.2, 0) is 0 Å². The van der Waals surface area contributed by atoms with Gasteiger partial charge < -0.3 is 0 Å². The van der Waals surface area contributed by atoms with Gasteiger partial charge in [0.1, 0.15) is 5.69 Å². The van der Waals surface area contributed by atoms with Gasteiger partial charge in [-0.05, 0) is 37.0 Å². The number of para-hydroxylation sites is 1. The molecule has 1 aromatic rings. The first-order valence-electron chi connectivity index (χ1n) is 8.78. The second-order valence-electron chi connectivity index (χ2n) is 5.89. The van der Waals surface area contributed by atoms with E-state index in [0.717, 1.165) is 23.0 Å². The van der Waals surface area contributed by atoms with E-state index in [1.807, 2.05) is 41.7 Å². The molecule has 0 spiro atoms. The van der Waals surface area contributed by atoms with Crippen molar-refractivity contribution in [3.63, 3.8) is 0 Å². The van der Waals surface area contributed by atoms with Crippen LogP contribution in [0.15, 0.2) is 23.2 Å². The smallest absolute Gasteiger partial charge is 0.101 e. The van der Waals surface area contributed by atoms with Crippen molar-refractivity contribution in [3.05, 3.63) is 28.2 Å². The highest BCUT2D eigenvalue weighted by Crippen LogP contribution is 2.40. The second-order valence-corrected chi connectivity index (χ2v) is 9.73. The fraction of sp³-hybridized carbons (Fsp3) is 0.632. The molecule has 0 aromatic heterocycles. The van der Waals surface area contributed by atoms with Crippen molar-refractivity contribution in [1.29, 1.82) is 0 Å². The van der Waals surface area contributed by atoms with E-state index in [4.69, 9.17) is 28.2 Å². The summed E-state index contributed by atoms with van der Waals surface area (Å²) in [5.41, 5.74) is 0.702. The van der Waals surface area contributed by atoms with Gasteiger partial charge in [-0.15, -0.1) is 23.5 Å². The number of halogens is 2. The molecule has 1 aromatic carbocycles. The molecule has 1 rings (SSSR count). The van der Waals surface area contributed by atoms with Crippen molar-refractivity contribution in [1.82, 2.24) is 0 Å². The number of unbranched alkanes of at least 4 members (excludes halogenated alkanes) is 3. The molecule has 0 fully saturated rings. The first-order valence-corrected chi connectivity index (χ1v) is 11.5. The first-order chi connectivity index (χ1) is 11.5. The van der Waals surface area contributed by atoms with Crippen molar-refractivity contribution in [3.8, 4) is 0 Å². The Morgan fingerprint density at radius 3 is 2.25 bits per heavy atom. The van der Waals surface area contributed by atoms with Crippen molar-refractivity contribution >= 4 is 57.5 Å². The molecule has 24 heavy (non-hydrogen) atoms. The van der Waals surface area contributed by atoms with E-state index in [9.17, 15) is 0 Å². The first kappa shape index (κ1) is 22.2. The minimum absolute atomic E-state index is 0.0195. The van der Waals surface area contributed by atoms with Gasteiger partial charge in [-0.1, -0.05) is 75.7 Å². The van der Waals surface area contributed by atoms with Gasteiger partial charge >= 0.3 is 0 Å². The summed E-state index contributed by atoms with van der Waals surface area (Å²) in [5, 5.41) is 2.38. The minimum atomic E-state index is 0.0195. The molecular weight excluding hydrogens is 377 g/mol. The van der Waals surface area contributed by atoms with Crippen LogP contribution >= 0.6 is 46.7 Å². The van der Waals surface area contributed by atoms with E-state index < -0.39 is 0 Å². The number of hydrogen-bond acceptors (Lipinski definition) is 3. The Morgan fingerprint density at radius 1 is 1.04 bits per heavy atom. The van der Waals surface area contributed by atoms with E-state index in [-0.39, 0.29) is 4.75 Å². The maximum atomic E-state index is 6.34. The summed E-state index contributed by atoms with van der Waals surface area (Å²) in [4.78, 5) is 4.93. The standard InChI is InChI=1S/C19H29Cl2NS2/c1-5-8-9-10-14-19(4,24-7-3)18(23-6-2)22-17-15(20)12-11-13-16(17)21/h11-13H,5-10,14H2,1-4H3. The van der Waals surface area contributed by atoms with E-state index in [0.29, 0.717) is 15.7 Å². The van der Waals surface area contributed by atoms with Gasteiger partial charge in [0.05, 0.1) is 19.8 Å². The Kier molecular flexibility index (Phi) is 10.8. The lowest BCUT2D eigenvalue weighted by Crippen LogP contribution is -2.30. The van der Waals surface area contributed by atoms with Crippen LogP contribution in [0.3, 0.4) is 0 Å². The molecule has 136 valence electrons. The molecule has 0 radical (unpaired) electrons. The highest BCUT2D eigenvalue weighted by atomic mass is 35.5. The molecule has 0 aliphatic heterocycles. The molecule has 0 N–H and O–H groups in total. The lowest BCUT2D eigenvalue weighted by molar-refractivity contribution is 0.604. The number of rotatable bonds is 10. The fourth-order valence-corrected chi connectivity index (χ4v) is 5.35. The molecule has 0 saturated carbocycles. The maximum absolute atomic E-state index is 6.34. The molecule has 0 amide bonds. The molecule has 0 heterocycles. The van der Waals surface area contributed by atoms with Crippen molar-refractivity contribution < 1.29 is 0 Å². The van der Waals surface area contributed by atoms with Crippen molar-refractivity contribution in [2.24, 2.45) is 4.99 Å². The predicted molar refractivity (Wildman–Crippen MR) is 117 cm³/mol. The Balaban J connectivity index is 3.13. The molecule has 1 atom stereocenters. The van der Waals surface area contributed by atoms with E-state index in [1.165, 1.54) is 25.7 Å². The largest absolute Gasteiger partial charge is 0.242 e. The molecule has 0 saturated heterocycles. The zero-order chi connectivity index (χ0) is 18.0. The van der Waals surface area contributed by atoms with Gasteiger partial charge in [0.25, 0.3) is 0 Å². The van der Waals surface area contributed by atoms with Crippen LogP contribution in [0.5, 0.6) is 0 Å². The number of thioether (sulfide) groups is 2. The molecule has 0 bridgehead atoms. The van der Waals surface area contributed by atoms with Gasteiger partial charge in [0, 0.05) is 0 Å². The number of hydrogen-bond donors (Lipinski definition) is 0. The highest BCUT2D eigenvalue weighted by molar-refractivity contribution is 8.16. The third-order valence-electron chi connectivity index (χ3n) is 3.85. The SMILES string of the molecule is CCCCCCC(C)(SCC)C(=Nc1c(Cl)cccc1Cl)SCC. The van der Waals surface area contributed by atoms with Crippen LogP contribution in [0, 0.1) is 0 Å². The normalized spacial score (nSPS) is 14.7. The zero-order valence-electron chi connectivity index (χ0n) is 15.2. The molecule has 0 aliphatic rings. The predicted octanol–water partition coefficient (Wildman–Crippen LogP) is 8.26. The van der Waals surface area contributed by atoms with E-state index in [1.54, 1.807) is 0 Å². The molecule has 1 nitrogen and oxygen atoms in total. The second kappa shape index (κ2) is 11.7. The van der Waals surface area contributed by atoms with Crippen LogP contribution in [0.2, 0.25) is 10.0 Å². The van der Waals surface area contributed by atoms with Gasteiger partial charge in [0.15, 0.2) is 0 Å². The molecule has 1 unspecified atom stereocenters. The summed E-state index contributed by atoms with van der Waals surface area (Å²) >= 11 is 16.5. The fourth-order valence-electron chi connectivity index (χ4n) is 2.59. The summed E-state index contributed by atoms with van der Waals surface area (Å²) in [6.07, 6.45) is 6.22. The monoisotopic (exact) mass is 405 g/mol. The number of aliphatic imine (C=N–C) groups is 1. The Hall–Kier alpha value is 0.170. The van der Waals surface area contributed by atoms with Crippen LogP contribution in [0.25, 0.3) is 0 Å². The Labute approximate surface area is 166 Å². The molecular formula is C19H29Cl2NS2. The quantitative estimate of drug-likeness (QED) is 0.220. The average molecular weight is 406 g/mol. The van der Waals surface area contributed by atoms with E-state index in [2.05, 4.69) is 27.7 Å². The van der Waals surface area contributed by atoms with Crippen LogP contribution in [0.1, 0.15) is 59.8 Å². The molecule has 0 aliphatic carbocycles. The topological polar surface area (TPSA) is 12.4 Å². The number of nitrogens with zero attached hydrogens (tertiary/aromatic N) is 1. The summed E-state index contributed by atoms with van der Waals surface area (Å²) in [7, 11) is 0. The maximum Gasteiger partial charge on any atom is 0.101 e.